The van der Waals surface area contributed by atoms with Gasteiger partial charge < -0.3 is 9.25 Å². The summed E-state index contributed by atoms with van der Waals surface area (Å²) in [6, 6.07) is 5.46. The molecule has 4 heteroatoms. The van der Waals surface area contributed by atoms with Gasteiger partial charge in [0.25, 0.3) is 0 Å². The van der Waals surface area contributed by atoms with E-state index < -0.39 is 0 Å². The predicted octanol–water partition coefficient (Wildman–Crippen LogP) is 1.54. The third-order valence-corrected chi connectivity index (χ3v) is 1.10. The van der Waals surface area contributed by atoms with Gasteiger partial charge in [-0.1, -0.05) is 5.16 Å². The second-order valence-corrected chi connectivity index (χ2v) is 1.99. The van der Waals surface area contributed by atoms with Gasteiger partial charge in [0.15, 0.2) is 0 Å². The van der Waals surface area contributed by atoms with E-state index in [-0.39, 0.29) is 0 Å². The van der Waals surface area contributed by atoms with Crippen molar-refractivity contribution in [1.29, 1.82) is 5.26 Å². The third kappa shape index (κ3) is 2.88. The van der Waals surface area contributed by atoms with Crippen molar-refractivity contribution in [2.75, 3.05) is 6.61 Å². The topological polar surface area (TPSA) is 58.5 Å². The Hall–Kier alpha value is -1.76. The lowest BCUT2D eigenvalue weighted by Crippen LogP contribution is -1.85. The number of hydrogen-bond acceptors (Lipinski definition) is 4. The Balaban J connectivity index is 2.20. The highest BCUT2D eigenvalue weighted by Crippen LogP contribution is 1.95. The first-order valence-corrected chi connectivity index (χ1v) is 3.49. The first-order valence-electron chi connectivity index (χ1n) is 3.49. The van der Waals surface area contributed by atoms with Crippen LogP contribution in [0.5, 0.6) is 0 Å². The summed E-state index contributed by atoms with van der Waals surface area (Å²) in [5.41, 5.74) is 0. The maximum absolute atomic E-state index is 8.15. The first kappa shape index (κ1) is 8.34. The van der Waals surface area contributed by atoms with Crippen molar-refractivity contribution in [2.45, 2.75) is 6.42 Å². The van der Waals surface area contributed by atoms with Crippen LogP contribution >= 0.6 is 0 Å². The van der Waals surface area contributed by atoms with Crippen LogP contribution in [0, 0.1) is 11.3 Å². The van der Waals surface area contributed by atoms with Crippen LogP contribution in [0.15, 0.2) is 28.0 Å². The average Bonchev–Trinajstić information content (AvgIpc) is 2.57. The molecule has 1 aromatic heterocycles. The summed E-state index contributed by atoms with van der Waals surface area (Å²) in [5, 5.41) is 11.7. The first-order chi connectivity index (χ1) is 5.93. The van der Waals surface area contributed by atoms with Gasteiger partial charge in [-0.05, 0) is 12.1 Å². The fourth-order valence-corrected chi connectivity index (χ4v) is 0.598. The number of rotatable bonds is 4. The summed E-state index contributed by atoms with van der Waals surface area (Å²) < 4.78 is 4.95. The fourth-order valence-electron chi connectivity index (χ4n) is 0.598. The van der Waals surface area contributed by atoms with E-state index in [2.05, 4.69) is 5.16 Å². The van der Waals surface area contributed by atoms with E-state index in [4.69, 9.17) is 14.5 Å². The fraction of sp³-hybridized carbons (Fsp3) is 0.250. The number of nitriles is 1. The van der Waals surface area contributed by atoms with Gasteiger partial charge in [0.2, 0.25) is 0 Å². The maximum Gasteiger partial charge on any atom is 0.148 e. The van der Waals surface area contributed by atoms with Crippen LogP contribution in [0.25, 0.3) is 0 Å². The molecule has 0 fully saturated rings. The van der Waals surface area contributed by atoms with Crippen LogP contribution in [0.4, 0.5) is 0 Å². The second-order valence-electron chi connectivity index (χ2n) is 1.99. The molecule has 0 amide bonds. The molecule has 0 spiro atoms. The van der Waals surface area contributed by atoms with E-state index in [0.717, 1.165) is 0 Å². The van der Waals surface area contributed by atoms with Gasteiger partial charge in [0, 0.05) is 0 Å². The van der Waals surface area contributed by atoms with Gasteiger partial charge in [0.1, 0.15) is 18.6 Å². The molecule has 62 valence electrons. The molecule has 1 rings (SSSR count). The largest absolute Gasteiger partial charge is 0.463 e. The molecule has 0 saturated carbocycles. The molecule has 12 heavy (non-hydrogen) atoms. The molecule has 0 unspecified atom stereocenters. The third-order valence-electron chi connectivity index (χ3n) is 1.10. The highest BCUT2D eigenvalue weighted by Gasteiger charge is 1.87. The smallest absolute Gasteiger partial charge is 0.148 e. The van der Waals surface area contributed by atoms with E-state index in [1.54, 1.807) is 18.4 Å². The van der Waals surface area contributed by atoms with Crippen LogP contribution < -0.4 is 0 Å². The monoisotopic (exact) mass is 164 g/mol. The van der Waals surface area contributed by atoms with Crippen LogP contribution in [-0.2, 0) is 4.84 Å². The van der Waals surface area contributed by atoms with Gasteiger partial charge in [0.05, 0.1) is 18.8 Å². The molecule has 0 aliphatic heterocycles. The molecule has 0 aromatic carbocycles. The van der Waals surface area contributed by atoms with Crippen molar-refractivity contribution >= 4 is 6.21 Å². The number of nitrogens with zero attached hydrogens (tertiary/aromatic N) is 2. The molecule has 1 heterocycles. The minimum Gasteiger partial charge on any atom is -0.463 e. The van der Waals surface area contributed by atoms with Crippen LogP contribution in [0.1, 0.15) is 12.2 Å². The number of hydrogen-bond donors (Lipinski definition) is 0. The molecule has 0 radical (unpaired) electrons. The summed E-state index contributed by atoms with van der Waals surface area (Å²) in [6.45, 7) is 0.313. The summed E-state index contributed by atoms with van der Waals surface area (Å²) in [6.07, 6.45) is 3.35. The van der Waals surface area contributed by atoms with Crippen molar-refractivity contribution in [3.63, 3.8) is 0 Å². The van der Waals surface area contributed by atoms with Crippen LogP contribution in [-0.4, -0.2) is 12.8 Å². The predicted molar refractivity (Wildman–Crippen MR) is 42.5 cm³/mol. The zero-order chi connectivity index (χ0) is 8.65. The van der Waals surface area contributed by atoms with Crippen molar-refractivity contribution < 1.29 is 9.25 Å². The summed E-state index contributed by atoms with van der Waals surface area (Å²) in [4.78, 5) is 4.73. The number of oxime groups is 1. The minimum absolute atomic E-state index is 0.313. The van der Waals surface area contributed by atoms with Crippen molar-refractivity contribution in [1.82, 2.24) is 0 Å². The molecule has 0 bridgehead atoms. The molecule has 0 atom stereocenters. The normalized spacial score (nSPS) is 9.92. The van der Waals surface area contributed by atoms with Gasteiger partial charge >= 0.3 is 0 Å². The molecular formula is C8H8N2O2. The standard InChI is InChI=1S/C8H8N2O2/c9-4-2-6-12-10-7-8-3-1-5-11-8/h1,3,5,7H,2,6H2/b10-7+. The summed E-state index contributed by atoms with van der Waals surface area (Å²) in [7, 11) is 0. The van der Waals surface area contributed by atoms with E-state index in [1.807, 2.05) is 6.07 Å². The van der Waals surface area contributed by atoms with Crippen LogP contribution in [0.3, 0.4) is 0 Å². The maximum atomic E-state index is 8.15. The van der Waals surface area contributed by atoms with Gasteiger partial charge in [-0.25, -0.2) is 0 Å². The molecule has 0 aliphatic rings. The van der Waals surface area contributed by atoms with Crippen molar-refractivity contribution in [3.05, 3.63) is 24.2 Å². The zero-order valence-electron chi connectivity index (χ0n) is 6.43. The average molecular weight is 164 g/mol. The zero-order valence-corrected chi connectivity index (χ0v) is 6.43. The Bertz CT molecular complexity index is 272. The Labute approximate surface area is 70.0 Å². The van der Waals surface area contributed by atoms with E-state index in [1.165, 1.54) is 6.21 Å². The Kier molecular flexibility index (Phi) is 3.45. The van der Waals surface area contributed by atoms with E-state index in [0.29, 0.717) is 18.8 Å². The Morgan fingerprint density at radius 2 is 2.67 bits per heavy atom. The lowest BCUT2D eigenvalue weighted by Gasteiger charge is -1.90. The van der Waals surface area contributed by atoms with Gasteiger partial charge in [-0.2, -0.15) is 5.26 Å². The van der Waals surface area contributed by atoms with Gasteiger partial charge in [-0.15, -0.1) is 0 Å². The summed E-state index contributed by atoms with van der Waals surface area (Å²) >= 11 is 0. The number of furan rings is 1. The molecule has 4 nitrogen and oxygen atoms in total. The molecule has 0 N–H and O–H groups in total. The van der Waals surface area contributed by atoms with Crippen molar-refractivity contribution in [2.24, 2.45) is 5.16 Å². The van der Waals surface area contributed by atoms with E-state index in [9.17, 15) is 0 Å². The lowest BCUT2D eigenvalue weighted by atomic mass is 10.5. The van der Waals surface area contributed by atoms with Crippen LogP contribution in [0.2, 0.25) is 0 Å². The Morgan fingerprint density at radius 3 is 3.33 bits per heavy atom. The Morgan fingerprint density at radius 1 is 1.75 bits per heavy atom. The highest BCUT2D eigenvalue weighted by molar-refractivity contribution is 5.74. The van der Waals surface area contributed by atoms with Crippen molar-refractivity contribution in [3.8, 4) is 6.07 Å². The van der Waals surface area contributed by atoms with E-state index >= 15 is 0 Å². The minimum atomic E-state index is 0.313. The molecule has 1 aromatic rings. The quantitative estimate of drug-likeness (QED) is 0.385. The SMILES string of the molecule is N#CCCO/N=C/c1ccco1. The lowest BCUT2D eigenvalue weighted by molar-refractivity contribution is 0.151. The summed E-state index contributed by atoms with van der Waals surface area (Å²) in [5.74, 6) is 0.631. The molecule has 0 aliphatic carbocycles. The second kappa shape index (κ2) is 4.97. The highest BCUT2D eigenvalue weighted by atomic mass is 16.6. The van der Waals surface area contributed by atoms with Gasteiger partial charge in [-0.3, -0.25) is 0 Å². The molecule has 0 saturated heterocycles. The molecular weight excluding hydrogens is 156 g/mol.